The fourth-order valence-electron chi connectivity index (χ4n) is 3.91. The number of aromatic nitrogens is 5. The minimum atomic E-state index is 0. The minimum Gasteiger partial charge on any atom is -0.356 e. The summed E-state index contributed by atoms with van der Waals surface area (Å²) in [5.74, 6) is 2.76. The lowest BCUT2D eigenvalue weighted by atomic mass is 10.2. The first-order chi connectivity index (χ1) is 14.2. The van der Waals surface area contributed by atoms with Crippen molar-refractivity contribution in [2.75, 3.05) is 31.1 Å². The molecule has 1 amide bonds. The largest absolute Gasteiger partial charge is 0.356 e. The van der Waals surface area contributed by atoms with Crippen molar-refractivity contribution in [2.24, 2.45) is 12.0 Å². The van der Waals surface area contributed by atoms with Gasteiger partial charge in [-0.25, -0.2) is 4.99 Å². The Morgan fingerprint density at radius 3 is 2.80 bits per heavy atom. The van der Waals surface area contributed by atoms with Crippen LogP contribution in [0.4, 0.5) is 5.69 Å². The predicted octanol–water partition coefficient (Wildman–Crippen LogP) is 1.17. The molecule has 2 aromatic rings. The molecule has 10 nitrogen and oxygen atoms in total. The van der Waals surface area contributed by atoms with E-state index in [2.05, 4.69) is 25.2 Å². The molecular weight excluding hydrogens is 497 g/mol. The summed E-state index contributed by atoms with van der Waals surface area (Å²) in [5.41, 5.74) is 0.838. The Morgan fingerprint density at radius 1 is 1.20 bits per heavy atom. The van der Waals surface area contributed by atoms with Crippen molar-refractivity contribution in [1.29, 1.82) is 0 Å². The van der Waals surface area contributed by atoms with Crippen molar-refractivity contribution in [3.8, 4) is 0 Å². The second-order valence-electron chi connectivity index (χ2n) is 7.50. The number of piperazine rings is 1. The Hall–Kier alpha value is -2.18. The van der Waals surface area contributed by atoms with Gasteiger partial charge in [0.15, 0.2) is 11.8 Å². The van der Waals surface area contributed by atoms with Gasteiger partial charge < -0.3 is 19.7 Å². The molecule has 0 radical (unpaired) electrons. The topological polar surface area (TPSA) is 96.5 Å². The second kappa shape index (κ2) is 10.2. The number of rotatable bonds is 4. The molecule has 2 aliphatic rings. The number of anilines is 1. The van der Waals surface area contributed by atoms with Gasteiger partial charge in [-0.15, -0.1) is 34.2 Å². The monoisotopic (exact) mass is 527 g/mol. The summed E-state index contributed by atoms with van der Waals surface area (Å²) in [4.78, 5) is 21.3. The lowest BCUT2D eigenvalue weighted by Gasteiger charge is -2.35. The number of amides is 1. The van der Waals surface area contributed by atoms with E-state index >= 15 is 0 Å². The molecule has 30 heavy (non-hydrogen) atoms. The number of carbonyl (C=O) groups excluding carboxylic acids is 1. The zero-order valence-electron chi connectivity index (χ0n) is 17.6. The van der Waals surface area contributed by atoms with Gasteiger partial charge in [0.2, 0.25) is 5.91 Å². The molecule has 11 heteroatoms. The van der Waals surface area contributed by atoms with E-state index in [4.69, 9.17) is 4.99 Å². The van der Waals surface area contributed by atoms with E-state index in [1.165, 1.54) is 12.8 Å². The van der Waals surface area contributed by atoms with Crippen LogP contribution < -0.4 is 10.2 Å². The first-order valence-electron chi connectivity index (χ1n) is 10.4. The van der Waals surface area contributed by atoms with Crippen LogP contribution in [0.15, 0.2) is 17.4 Å². The maximum Gasteiger partial charge on any atom is 0.246 e. The van der Waals surface area contributed by atoms with Crippen LogP contribution >= 0.6 is 24.0 Å². The van der Waals surface area contributed by atoms with Gasteiger partial charge in [0, 0.05) is 45.8 Å². The van der Waals surface area contributed by atoms with Crippen molar-refractivity contribution in [1.82, 2.24) is 34.8 Å². The van der Waals surface area contributed by atoms with Crippen LogP contribution in [0.1, 0.15) is 37.8 Å². The number of hydrogen-bond acceptors (Lipinski definition) is 5. The maximum absolute atomic E-state index is 12.7. The molecule has 4 rings (SSSR count). The van der Waals surface area contributed by atoms with Crippen molar-refractivity contribution in [3.63, 3.8) is 0 Å². The molecule has 2 aliphatic heterocycles. The first kappa shape index (κ1) is 22.5. The van der Waals surface area contributed by atoms with E-state index in [-0.39, 0.29) is 29.9 Å². The smallest absolute Gasteiger partial charge is 0.246 e. The van der Waals surface area contributed by atoms with Crippen LogP contribution in [0, 0.1) is 0 Å². The number of fused-ring (bicyclic) bond motifs is 1. The van der Waals surface area contributed by atoms with Crippen LogP contribution in [0.2, 0.25) is 0 Å². The highest BCUT2D eigenvalue weighted by atomic mass is 127. The Labute approximate surface area is 193 Å². The number of aryl methyl sites for hydroxylation is 2. The van der Waals surface area contributed by atoms with E-state index in [0.717, 1.165) is 49.2 Å². The zero-order chi connectivity index (χ0) is 20.2. The molecule has 0 spiro atoms. The summed E-state index contributed by atoms with van der Waals surface area (Å²) in [6.45, 7) is 5.82. The normalized spacial score (nSPS) is 17.4. The predicted molar refractivity (Wildman–Crippen MR) is 125 cm³/mol. The Balaban J connectivity index is 0.00000256. The number of guanidine groups is 1. The molecule has 2 aromatic heterocycles. The lowest BCUT2D eigenvalue weighted by molar-refractivity contribution is -0.120. The highest BCUT2D eigenvalue weighted by Gasteiger charge is 2.27. The van der Waals surface area contributed by atoms with E-state index in [1.54, 1.807) is 15.8 Å². The van der Waals surface area contributed by atoms with Crippen molar-refractivity contribution in [3.05, 3.63) is 24.0 Å². The molecular formula is C19H30IN9O. The second-order valence-corrected chi connectivity index (χ2v) is 7.50. The summed E-state index contributed by atoms with van der Waals surface area (Å²) in [6.07, 6.45) is 8.15. The van der Waals surface area contributed by atoms with Crippen molar-refractivity contribution < 1.29 is 4.79 Å². The van der Waals surface area contributed by atoms with Crippen LogP contribution in [-0.2, 0) is 31.4 Å². The highest BCUT2D eigenvalue weighted by molar-refractivity contribution is 14.0. The molecule has 0 atom stereocenters. The summed E-state index contributed by atoms with van der Waals surface area (Å²) >= 11 is 0. The minimum absolute atomic E-state index is 0. The van der Waals surface area contributed by atoms with Crippen LogP contribution in [0.25, 0.3) is 0 Å². The molecule has 0 saturated carbocycles. The van der Waals surface area contributed by atoms with Gasteiger partial charge in [-0.05, 0) is 19.8 Å². The summed E-state index contributed by atoms with van der Waals surface area (Å²) in [6, 6.07) is 0. The first-order valence-corrected chi connectivity index (χ1v) is 10.4. The SMILES string of the molecule is CCNC(=NCc1nnc2n1CCCCC2)N1CCN(c2cnn(C)c2)C(=O)C1.I. The summed E-state index contributed by atoms with van der Waals surface area (Å²) in [5, 5.41) is 16.2. The van der Waals surface area contributed by atoms with E-state index in [9.17, 15) is 4.79 Å². The van der Waals surface area contributed by atoms with E-state index in [0.29, 0.717) is 26.2 Å². The standard InChI is InChI=1S/C19H29N9O.HI/c1-3-20-19(21-12-17-24-23-16-7-5-4-6-8-28(16)17)26-9-10-27(18(29)14-26)15-11-22-25(2)13-15;/h11,13H,3-10,12,14H2,1-2H3,(H,20,21);1H. The van der Waals surface area contributed by atoms with Crippen molar-refractivity contribution in [2.45, 2.75) is 45.7 Å². The van der Waals surface area contributed by atoms with Gasteiger partial charge in [0.25, 0.3) is 0 Å². The molecule has 0 unspecified atom stereocenters. The number of hydrogen-bond donors (Lipinski definition) is 1. The van der Waals surface area contributed by atoms with Crippen LogP contribution in [0.5, 0.6) is 0 Å². The van der Waals surface area contributed by atoms with Gasteiger partial charge in [-0.3, -0.25) is 9.48 Å². The molecule has 0 bridgehead atoms. The fourth-order valence-corrected chi connectivity index (χ4v) is 3.91. The molecule has 1 N–H and O–H groups in total. The van der Waals surface area contributed by atoms with Gasteiger partial charge in [-0.2, -0.15) is 5.10 Å². The van der Waals surface area contributed by atoms with Crippen LogP contribution in [-0.4, -0.2) is 67.5 Å². The molecule has 0 aromatic carbocycles. The number of carbonyl (C=O) groups is 1. The maximum atomic E-state index is 12.7. The fraction of sp³-hybridized carbons (Fsp3) is 0.632. The number of halogens is 1. The van der Waals surface area contributed by atoms with Crippen LogP contribution in [0.3, 0.4) is 0 Å². The number of nitrogens with zero attached hydrogens (tertiary/aromatic N) is 8. The zero-order valence-corrected chi connectivity index (χ0v) is 20.0. The molecule has 0 aliphatic carbocycles. The molecule has 4 heterocycles. The van der Waals surface area contributed by atoms with Gasteiger partial charge in [0.05, 0.1) is 11.9 Å². The third-order valence-electron chi connectivity index (χ3n) is 5.41. The number of nitrogens with one attached hydrogen (secondary N) is 1. The quantitative estimate of drug-likeness (QED) is 0.365. The Kier molecular flexibility index (Phi) is 7.67. The van der Waals surface area contributed by atoms with Crippen molar-refractivity contribution >= 4 is 41.5 Å². The molecule has 1 saturated heterocycles. The van der Waals surface area contributed by atoms with E-state index < -0.39 is 0 Å². The lowest BCUT2D eigenvalue weighted by Crippen LogP contribution is -2.55. The average Bonchev–Trinajstić information content (AvgIpc) is 3.23. The average molecular weight is 527 g/mol. The Bertz CT molecular complexity index is 890. The van der Waals surface area contributed by atoms with E-state index in [1.807, 2.05) is 25.1 Å². The summed E-state index contributed by atoms with van der Waals surface area (Å²) in [7, 11) is 1.85. The van der Waals surface area contributed by atoms with Gasteiger partial charge in [0.1, 0.15) is 18.9 Å². The van der Waals surface area contributed by atoms with Gasteiger partial charge in [-0.1, -0.05) is 6.42 Å². The highest BCUT2D eigenvalue weighted by Crippen LogP contribution is 2.17. The molecule has 1 fully saturated rings. The third-order valence-corrected chi connectivity index (χ3v) is 5.41. The molecule has 164 valence electrons. The number of aliphatic imine (C=N–C) groups is 1. The summed E-state index contributed by atoms with van der Waals surface area (Å²) < 4.78 is 3.92. The third kappa shape index (κ3) is 4.93. The van der Waals surface area contributed by atoms with Gasteiger partial charge >= 0.3 is 0 Å². The Morgan fingerprint density at radius 2 is 2.07 bits per heavy atom.